The molecule has 2 aromatic rings. The molecule has 1 saturated heterocycles. The van der Waals surface area contributed by atoms with Crippen LogP contribution in [0.4, 0.5) is 5.69 Å². The van der Waals surface area contributed by atoms with E-state index < -0.39 is 10.9 Å². The number of hydrogen-bond donors (Lipinski definition) is 1. The number of benzene rings is 2. The quantitative estimate of drug-likeness (QED) is 0.534. The number of nitrogens with zero attached hydrogens (tertiary/aromatic N) is 3. The van der Waals surface area contributed by atoms with Crippen molar-refractivity contribution in [2.24, 2.45) is 4.36 Å². The van der Waals surface area contributed by atoms with Gasteiger partial charge in [0.25, 0.3) is 5.91 Å². The molecule has 0 bridgehead atoms. The molecule has 1 unspecified atom stereocenters. The number of carbonyl (C=O) groups is 1. The Balaban J connectivity index is 1.50. The average molecular weight is 491 g/mol. The molecule has 0 radical (unpaired) electrons. The van der Waals surface area contributed by atoms with Crippen molar-refractivity contribution in [1.82, 2.24) is 9.80 Å². The first-order valence-electron chi connectivity index (χ1n) is 10.9. The molecule has 0 aliphatic carbocycles. The van der Waals surface area contributed by atoms with Crippen LogP contribution in [0.2, 0.25) is 0 Å². The van der Waals surface area contributed by atoms with Gasteiger partial charge in [0.15, 0.2) is 18.1 Å². The van der Waals surface area contributed by atoms with E-state index in [0.29, 0.717) is 42.4 Å². The number of amides is 1. The minimum absolute atomic E-state index is 0.160. The fraction of sp³-hybridized carbons (Fsp3) is 0.435. The van der Waals surface area contributed by atoms with Gasteiger partial charge in [-0.25, -0.2) is 0 Å². The smallest absolute Gasteiger partial charge is 0.260 e. The summed E-state index contributed by atoms with van der Waals surface area (Å²) < 4.78 is 36.8. The molecule has 4 rings (SSSR count). The van der Waals surface area contributed by atoms with Gasteiger partial charge in [-0.2, -0.15) is 0 Å². The van der Waals surface area contributed by atoms with Crippen molar-refractivity contribution in [1.29, 1.82) is 0 Å². The van der Waals surface area contributed by atoms with Crippen molar-refractivity contribution in [3.05, 3.63) is 48.0 Å². The van der Waals surface area contributed by atoms with E-state index in [-0.39, 0.29) is 31.5 Å². The summed E-state index contributed by atoms with van der Waals surface area (Å²) in [5.41, 5.74) is 1.32. The molecule has 2 heterocycles. The molecule has 2 atom stereocenters. The van der Waals surface area contributed by atoms with Crippen LogP contribution in [0, 0.1) is 0 Å². The first kappa shape index (κ1) is 24.3. The molecule has 0 aromatic heterocycles. The zero-order valence-electron chi connectivity index (χ0n) is 19.1. The third kappa shape index (κ3) is 5.98. The van der Waals surface area contributed by atoms with Gasteiger partial charge >= 0.3 is 0 Å². The monoisotopic (exact) mass is 490 g/mol. The molecule has 184 valence electrons. The minimum Gasteiger partial charge on any atom is -0.484 e. The van der Waals surface area contributed by atoms with E-state index in [0.717, 1.165) is 12.1 Å². The van der Waals surface area contributed by atoms with Gasteiger partial charge in [0, 0.05) is 45.5 Å². The maximum absolute atomic E-state index is 13.1. The van der Waals surface area contributed by atoms with Crippen molar-refractivity contribution in [3.63, 3.8) is 0 Å². The molecular weight excluding hydrogens is 462 g/mol. The Kier molecular flexibility index (Phi) is 7.88. The van der Waals surface area contributed by atoms with Crippen LogP contribution in [0.5, 0.6) is 17.2 Å². The third-order valence-electron chi connectivity index (χ3n) is 5.82. The lowest BCUT2D eigenvalue weighted by Gasteiger charge is -2.32. The number of β-amino-alcohol motifs (C(OH)–C–C–N with tert-alkyl or cyclic N) is 1. The van der Waals surface area contributed by atoms with Crippen molar-refractivity contribution in [2.45, 2.75) is 18.6 Å². The van der Waals surface area contributed by atoms with E-state index in [1.54, 1.807) is 48.3 Å². The van der Waals surface area contributed by atoms with Gasteiger partial charge < -0.3 is 37.0 Å². The predicted octanol–water partition coefficient (Wildman–Crippen LogP) is 2.40. The summed E-state index contributed by atoms with van der Waals surface area (Å²) in [5.74, 6) is 1.51. The highest BCUT2D eigenvalue weighted by atomic mass is 32.2. The zero-order chi connectivity index (χ0) is 24.1. The van der Waals surface area contributed by atoms with Gasteiger partial charge in [-0.1, -0.05) is 23.0 Å². The van der Waals surface area contributed by atoms with Gasteiger partial charge in [-0.05, 0) is 36.2 Å². The van der Waals surface area contributed by atoms with Crippen LogP contribution in [-0.2, 0) is 24.1 Å². The molecule has 0 saturated carbocycles. The molecule has 34 heavy (non-hydrogen) atoms. The molecule has 10 nitrogen and oxygen atoms in total. The van der Waals surface area contributed by atoms with Crippen LogP contribution in [0.1, 0.15) is 18.0 Å². The zero-order valence-corrected chi connectivity index (χ0v) is 19.9. The van der Waals surface area contributed by atoms with E-state index in [4.69, 9.17) is 18.4 Å². The second-order valence-corrected chi connectivity index (χ2v) is 9.05. The fourth-order valence-corrected chi connectivity index (χ4v) is 4.33. The topological polar surface area (TPSA) is 110 Å². The van der Waals surface area contributed by atoms with E-state index in [1.165, 1.54) is 7.11 Å². The lowest BCUT2D eigenvalue weighted by Crippen LogP contribution is -2.40. The number of ether oxygens (including phenoxy) is 3. The molecular formula is C23H28N3O7S-. The maximum atomic E-state index is 13.1. The molecule has 2 aromatic carbocycles. The molecule has 2 aliphatic rings. The third-order valence-corrected chi connectivity index (χ3v) is 6.47. The number of aliphatic hydroxyl groups excluding tert-OH is 1. The summed E-state index contributed by atoms with van der Waals surface area (Å²) >= 11 is 0. The summed E-state index contributed by atoms with van der Waals surface area (Å²) in [6, 6.07) is 12.0. The number of fused-ring (bicyclic) bond motifs is 1. The highest BCUT2D eigenvalue weighted by molar-refractivity contribution is 7.69. The van der Waals surface area contributed by atoms with Gasteiger partial charge in [0.2, 0.25) is 6.79 Å². The average Bonchev–Trinajstić information content (AvgIpc) is 3.48. The molecule has 0 spiro atoms. The Morgan fingerprint density at radius 2 is 2.12 bits per heavy atom. The second kappa shape index (κ2) is 11.0. The standard InChI is InChI=1S/C23H28N3O7S/c1-25(23(28)14-31-19-6-7-21-22(11-19)33-15-32-21)20(13-26-9-8-18(27)12-26)16-4-3-5-17(10-16)24-34(29)30-2/h3-7,10-11,18,20,27H,8-9,12-15H2,1-2H3/q-1/t18-,20?/m0/s1. The number of carbonyl (C=O) groups excluding carboxylic acids is 1. The molecule has 1 N–H and O–H groups in total. The van der Waals surface area contributed by atoms with Crippen molar-refractivity contribution in [2.75, 3.05) is 47.2 Å². The summed E-state index contributed by atoms with van der Waals surface area (Å²) in [6.07, 6.45) is 0.321. The van der Waals surface area contributed by atoms with E-state index >= 15 is 0 Å². The first-order valence-corrected chi connectivity index (χ1v) is 11.9. The number of aliphatic hydroxyl groups is 1. The van der Waals surface area contributed by atoms with Crippen LogP contribution in [0.3, 0.4) is 0 Å². The van der Waals surface area contributed by atoms with E-state index in [1.807, 2.05) is 6.07 Å². The summed E-state index contributed by atoms with van der Waals surface area (Å²) in [4.78, 5) is 16.8. The summed E-state index contributed by atoms with van der Waals surface area (Å²) in [7, 11) is 1.25. The number of likely N-dealkylation sites (N-methyl/N-ethyl adjacent to an activating group) is 1. The van der Waals surface area contributed by atoms with Crippen LogP contribution in [-0.4, -0.2) is 74.1 Å². The molecule has 2 aliphatic heterocycles. The normalized spacial score (nSPS) is 19.2. The molecule has 1 amide bonds. The highest BCUT2D eigenvalue weighted by Gasteiger charge is 2.28. The first-order chi connectivity index (χ1) is 16.4. The van der Waals surface area contributed by atoms with E-state index in [2.05, 4.69) is 9.26 Å². The fourth-order valence-electron chi connectivity index (χ4n) is 3.97. The minimum atomic E-state index is -1.79. The predicted molar refractivity (Wildman–Crippen MR) is 124 cm³/mol. The largest absolute Gasteiger partial charge is 0.484 e. The summed E-state index contributed by atoms with van der Waals surface area (Å²) in [6.45, 7) is 1.82. The van der Waals surface area contributed by atoms with Crippen molar-refractivity contribution >= 4 is 22.5 Å². The Hall–Kier alpha value is -2.86. The lowest BCUT2D eigenvalue weighted by atomic mass is 10.0. The molecule has 1 fully saturated rings. The Labute approximate surface area is 200 Å². The van der Waals surface area contributed by atoms with Crippen LogP contribution in [0.25, 0.3) is 0 Å². The summed E-state index contributed by atoms with van der Waals surface area (Å²) in [5, 5.41) is 9.95. The highest BCUT2D eigenvalue weighted by Crippen LogP contribution is 2.35. The van der Waals surface area contributed by atoms with Crippen LogP contribution < -0.4 is 14.2 Å². The maximum Gasteiger partial charge on any atom is 0.260 e. The Bertz CT molecular complexity index is 1110. The van der Waals surface area contributed by atoms with Gasteiger partial charge in [0.05, 0.1) is 12.1 Å². The van der Waals surface area contributed by atoms with Crippen LogP contribution >= 0.6 is 0 Å². The van der Waals surface area contributed by atoms with Crippen molar-refractivity contribution < 1.29 is 32.5 Å². The Morgan fingerprint density at radius 1 is 1.29 bits per heavy atom. The Morgan fingerprint density at radius 3 is 2.88 bits per heavy atom. The van der Waals surface area contributed by atoms with Gasteiger partial charge in [0.1, 0.15) is 5.75 Å². The SMILES string of the molecule is CO[S-](=O)=Nc1cccc(C(CN2CC[C@H](O)C2)N(C)C(=O)COc2ccc3c(c2)OCO3)c1. The number of hydrogen-bond acceptors (Lipinski definition) is 10. The van der Waals surface area contributed by atoms with Crippen molar-refractivity contribution in [3.8, 4) is 17.2 Å². The van der Waals surface area contributed by atoms with Gasteiger partial charge in [-0.15, -0.1) is 0 Å². The second-order valence-electron chi connectivity index (χ2n) is 8.10. The van der Waals surface area contributed by atoms with Gasteiger partial charge in [-0.3, -0.25) is 9.69 Å². The van der Waals surface area contributed by atoms with Crippen LogP contribution in [0.15, 0.2) is 46.8 Å². The number of likely N-dealkylation sites (tertiary alicyclic amines) is 1. The molecule has 11 heteroatoms. The van der Waals surface area contributed by atoms with E-state index in [9.17, 15) is 14.1 Å². The lowest BCUT2D eigenvalue weighted by molar-refractivity contribution is -0.134. The number of rotatable bonds is 9.